The van der Waals surface area contributed by atoms with Gasteiger partial charge in [0.15, 0.2) is 0 Å². The Morgan fingerprint density at radius 1 is 1.15 bits per heavy atom. The maximum Gasteiger partial charge on any atom is 0.00453 e. The number of allylic oxidation sites excluding steroid dienone is 1. The first-order valence-corrected chi connectivity index (χ1v) is 6.10. The monoisotopic (exact) mass is 198 g/mol. The van der Waals surface area contributed by atoms with Gasteiger partial charge in [-0.1, -0.05) is 47.1 Å². The smallest absolute Gasteiger partial charge is 0.00453 e. The van der Waals surface area contributed by atoms with Gasteiger partial charge in [-0.3, -0.25) is 0 Å². The Bertz CT molecular complexity index is 212. The average molecular weight is 198 g/mol. The molecule has 0 spiro atoms. The lowest BCUT2D eigenvalue weighted by molar-refractivity contribution is 0.270. The molecule has 0 bridgehead atoms. The van der Waals surface area contributed by atoms with Crippen molar-refractivity contribution in [1.29, 1.82) is 0 Å². The Hall–Kier alpha value is 0.0900. The van der Waals surface area contributed by atoms with E-state index in [0.29, 0.717) is 10.8 Å². The van der Waals surface area contributed by atoms with E-state index in [2.05, 4.69) is 47.0 Å². The Kier molecular flexibility index (Phi) is 2.87. The molecule has 0 aliphatic carbocycles. The van der Waals surface area contributed by atoms with Gasteiger partial charge in [0.25, 0.3) is 0 Å². The predicted octanol–water partition coefficient (Wildman–Crippen LogP) is 4.33. The molecular weight excluding hydrogens is 176 g/mol. The van der Waals surface area contributed by atoms with Crippen molar-refractivity contribution in [3.8, 4) is 0 Å². The first kappa shape index (κ1) is 11.2. The van der Waals surface area contributed by atoms with E-state index >= 15 is 0 Å². The second-order valence-electron chi connectivity index (χ2n) is 6.08. The molecule has 1 atom stereocenters. The van der Waals surface area contributed by atoms with Crippen LogP contribution in [0.15, 0.2) is 11.0 Å². The molecule has 0 aromatic carbocycles. The highest BCUT2D eigenvalue weighted by Gasteiger charge is 2.36. The van der Waals surface area contributed by atoms with Crippen LogP contribution in [0.2, 0.25) is 0 Å². The van der Waals surface area contributed by atoms with Crippen molar-refractivity contribution >= 4 is 11.8 Å². The summed E-state index contributed by atoms with van der Waals surface area (Å²) in [6.07, 6.45) is 0. The standard InChI is InChI=1S/C12H22S/c1-11(2,3)9-7-13-8-10(9)12(4,5)6/h7,10H,8H2,1-6H3. The van der Waals surface area contributed by atoms with Gasteiger partial charge in [-0.2, -0.15) is 0 Å². The second kappa shape index (κ2) is 3.34. The molecule has 1 heteroatoms. The lowest BCUT2D eigenvalue weighted by Crippen LogP contribution is -2.27. The normalized spacial score (nSPS) is 24.8. The van der Waals surface area contributed by atoms with Crippen LogP contribution in [0, 0.1) is 16.7 Å². The van der Waals surface area contributed by atoms with E-state index < -0.39 is 0 Å². The third kappa shape index (κ3) is 2.52. The van der Waals surface area contributed by atoms with Crippen molar-refractivity contribution in [3.63, 3.8) is 0 Å². The fourth-order valence-electron chi connectivity index (χ4n) is 1.82. The maximum atomic E-state index is 2.38. The fraction of sp³-hybridized carbons (Fsp3) is 0.833. The number of rotatable bonds is 0. The highest BCUT2D eigenvalue weighted by Crippen LogP contribution is 2.47. The van der Waals surface area contributed by atoms with Gasteiger partial charge in [-0.15, -0.1) is 11.8 Å². The Labute approximate surface area is 87.2 Å². The van der Waals surface area contributed by atoms with E-state index in [-0.39, 0.29) is 0 Å². The summed E-state index contributed by atoms with van der Waals surface area (Å²) in [5, 5.41) is 2.38. The van der Waals surface area contributed by atoms with Crippen LogP contribution in [0.5, 0.6) is 0 Å². The van der Waals surface area contributed by atoms with Crippen LogP contribution < -0.4 is 0 Å². The summed E-state index contributed by atoms with van der Waals surface area (Å²) in [6, 6.07) is 0. The van der Waals surface area contributed by atoms with Crippen LogP contribution in [0.3, 0.4) is 0 Å². The molecule has 1 aliphatic heterocycles. The number of thioether (sulfide) groups is 1. The molecule has 0 aromatic rings. The van der Waals surface area contributed by atoms with E-state index in [4.69, 9.17) is 0 Å². The summed E-state index contributed by atoms with van der Waals surface area (Å²) in [7, 11) is 0. The highest BCUT2D eigenvalue weighted by molar-refractivity contribution is 8.02. The average Bonchev–Trinajstić information content (AvgIpc) is 2.27. The third-order valence-electron chi connectivity index (χ3n) is 2.76. The van der Waals surface area contributed by atoms with Crippen molar-refractivity contribution in [3.05, 3.63) is 11.0 Å². The van der Waals surface area contributed by atoms with E-state index in [1.165, 1.54) is 5.75 Å². The van der Waals surface area contributed by atoms with Crippen LogP contribution in [0.4, 0.5) is 0 Å². The molecule has 1 aliphatic rings. The first-order chi connectivity index (χ1) is 5.73. The van der Waals surface area contributed by atoms with Crippen molar-refractivity contribution in [2.75, 3.05) is 5.75 Å². The Morgan fingerprint density at radius 3 is 2.00 bits per heavy atom. The van der Waals surface area contributed by atoms with E-state index in [1.807, 2.05) is 11.8 Å². The maximum absolute atomic E-state index is 2.38. The summed E-state index contributed by atoms with van der Waals surface area (Å²) in [5.74, 6) is 2.04. The lowest BCUT2D eigenvalue weighted by Gasteiger charge is -2.35. The zero-order valence-electron chi connectivity index (χ0n) is 9.77. The van der Waals surface area contributed by atoms with Gasteiger partial charge >= 0.3 is 0 Å². The van der Waals surface area contributed by atoms with Crippen LogP contribution in [0.1, 0.15) is 41.5 Å². The fourth-order valence-corrected chi connectivity index (χ4v) is 3.49. The Balaban J connectivity index is 2.87. The minimum atomic E-state index is 0.349. The van der Waals surface area contributed by atoms with Gasteiger partial charge in [0.05, 0.1) is 0 Å². The molecule has 0 aromatic heterocycles. The zero-order chi connectivity index (χ0) is 10.3. The lowest BCUT2D eigenvalue weighted by atomic mass is 9.70. The topological polar surface area (TPSA) is 0 Å². The minimum absolute atomic E-state index is 0.349. The molecule has 13 heavy (non-hydrogen) atoms. The predicted molar refractivity (Wildman–Crippen MR) is 62.9 cm³/mol. The minimum Gasteiger partial charge on any atom is -0.134 e. The van der Waals surface area contributed by atoms with E-state index in [0.717, 1.165) is 5.92 Å². The van der Waals surface area contributed by atoms with Gasteiger partial charge in [-0.05, 0) is 22.2 Å². The van der Waals surface area contributed by atoms with Gasteiger partial charge in [-0.25, -0.2) is 0 Å². The van der Waals surface area contributed by atoms with Crippen LogP contribution in [-0.4, -0.2) is 5.75 Å². The molecule has 1 unspecified atom stereocenters. The summed E-state index contributed by atoms with van der Waals surface area (Å²) in [6.45, 7) is 14.0. The number of hydrogen-bond acceptors (Lipinski definition) is 1. The van der Waals surface area contributed by atoms with Gasteiger partial charge in [0.1, 0.15) is 0 Å². The van der Waals surface area contributed by atoms with Crippen molar-refractivity contribution in [1.82, 2.24) is 0 Å². The molecule has 0 saturated carbocycles. The Morgan fingerprint density at radius 2 is 1.69 bits per heavy atom. The van der Waals surface area contributed by atoms with Crippen molar-refractivity contribution in [2.45, 2.75) is 41.5 Å². The SMILES string of the molecule is CC(C)(C)C1=CSCC1C(C)(C)C. The molecule has 0 N–H and O–H groups in total. The van der Waals surface area contributed by atoms with Crippen molar-refractivity contribution < 1.29 is 0 Å². The van der Waals surface area contributed by atoms with Crippen LogP contribution in [-0.2, 0) is 0 Å². The molecule has 76 valence electrons. The third-order valence-corrected chi connectivity index (χ3v) is 3.71. The molecule has 0 nitrogen and oxygen atoms in total. The molecule has 1 rings (SSSR count). The molecule has 1 heterocycles. The zero-order valence-corrected chi connectivity index (χ0v) is 10.6. The molecule has 0 fully saturated rings. The second-order valence-corrected chi connectivity index (χ2v) is 6.98. The van der Waals surface area contributed by atoms with E-state index in [1.54, 1.807) is 5.57 Å². The first-order valence-electron chi connectivity index (χ1n) is 5.05. The summed E-state index contributed by atoms with van der Waals surface area (Å²) < 4.78 is 0. The summed E-state index contributed by atoms with van der Waals surface area (Å²) >= 11 is 1.98. The highest BCUT2D eigenvalue weighted by atomic mass is 32.2. The summed E-state index contributed by atoms with van der Waals surface area (Å²) in [4.78, 5) is 0. The molecule has 0 saturated heterocycles. The van der Waals surface area contributed by atoms with Crippen LogP contribution in [0.25, 0.3) is 0 Å². The number of hydrogen-bond donors (Lipinski definition) is 0. The van der Waals surface area contributed by atoms with Crippen LogP contribution >= 0.6 is 11.8 Å². The van der Waals surface area contributed by atoms with Crippen molar-refractivity contribution in [2.24, 2.45) is 16.7 Å². The molecular formula is C12H22S. The summed E-state index contributed by atoms with van der Waals surface area (Å²) in [5.41, 5.74) is 2.41. The van der Waals surface area contributed by atoms with E-state index in [9.17, 15) is 0 Å². The largest absolute Gasteiger partial charge is 0.134 e. The van der Waals surface area contributed by atoms with Gasteiger partial charge < -0.3 is 0 Å². The van der Waals surface area contributed by atoms with Gasteiger partial charge in [0.2, 0.25) is 0 Å². The molecule has 0 amide bonds. The quantitative estimate of drug-likeness (QED) is 0.558. The molecule has 0 radical (unpaired) electrons. The van der Waals surface area contributed by atoms with Gasteiger partial charge in [0, 0.05) is 5.75 Å².